The lowest BCUT2D eigenvalue weighted by atomic mass is 9.73. The van der Waals surface area contributed by atoms with E-state index in [1.54, 1.807) is 27.7 Å². The van der Waals surface area contributed by atoms with Crippen molar-refractivity contribution in [1.29, 1.82) is 0 Å². The first-order chi connectivity index (χ1) is 9.32. The van der Waals surface area contributed by atoms with Gasteiger partial charge in [0.2, 0.25) is 0 Å². The summed E-state index contributed by atoms with van der Waals surface area (Å²) in [5, 5.41) is 18.4. The summed E-state index contributed by atoms with van der Waals surface area (Å²) in [7, 11) is 0. The summed E-state index contributed by atoms with van der Waals surface area (Å²) in [6.45, 7) is 7.79. The highest BCUT2D eigenvalue weighted by Gasteiger charge is 2.49. The molecule has 2 unspecified atom stereocenters. The van der Waals surface area contributed by atoms with Crippen LogP contribution in [0.5, 0.6) is 0 Å². The van der Waals surface area contributed by atoms with Crippen molar-refractivity contribution in [3.05, 3.63) is 0 Å². The fourth-order valence-corrected chi connectivity index (χ4v) is 2.52. The zero-order valence-electron chi connectivity index (χ0n) is 12.7. The van der Waals surface area contributed by atoms with Crippen LogP contribution in [0, 0.1) is 5.41 Å². The van der Waals surface area contributed by atoms with Gasteiger partial charge in [-0.3, -0.25) is 9.59 Å². The Morgan fingerprint density at radius 3 is 1.80 bits per heavy atom. The van der Waals surface area contributed by atoms with Crippen molar-refractivity contribution in [3.63, 3.8) is 0 Å². The lowest BCUT2D eigenvalue weighted by Crippen LogP contribution is -2.51. The Morgan fingerprint density at radius 1 is 1.05 bits per heavy atom. The minimum atomic E-state index is -1.23. The molecule has 0 aromatic rings. The van der Waals surface area contributed by atoms with Crippen LogP contribution in [0.25, 0.3) is 0 Å². The third-order valence-corrected chi connectivity index (χ3v) is 3.66. The van der Waals surface area contributed by atoms with Crippen LogP contribution < -0.4 is 0 Å². The minimum absolute atomic E-state index is 0.0628. The van der Waals surface area contributed by atoms with E-state index < -0.39 is 29.6 Å². The second-order valence-electron chi connectivity index (χ2n) is 4.79. The topological polar surface area (TPSA) is 93.1 Å². The van der Waals surface area contributed by atoms with Gasteiger partial charge in [-0.25, -0.2) is 0 Å². The quantitative estimate of drug-likeness (QED) is 0.605. The Kier molecular flexibility index (Phi) is 8.41. The Labute approximate surface area is 120 Å². The molecule has 0 aliphatic heterocycles. The van der Waals surface area contributed by atoms with Gasteiger partial charge in [0.1, 0.15) is 5.41 Å². The van der Waals surface area contributed by atoms with Crippen molar-refractivity contribution in [3.8, 4) is 0 Å². The van der Waals surface area contributed by atoms with Crippen molar-refractivity contribution in [2.45, 2.75) is 59.2 Å². The second-order valence-corrected chi connectivity index (χ2v) is 4.79. The van der Waals surface area contributed by atoms with Gasteiger partial charge in [-0.2, -0.15) is 0 Å². The molecule has 6 heteroatoms. The third-order valence-electron chi connectivity index (χ3n) is 3.66. The predicted molar refractivity (Wildman–Crippen MR) is 73.7 cm³/mol. The maximum atomic E-state index is 11.8. The molecular weight excluding hydrogens is 264 g/mol. The number of carboxylic acid groups (broad SMARTS) is 2. The molecule has 0 radical (unpaired) electrons. The Hall–Kier alpha value is -1.14. The van der Waals surface area contributed by atoms with Crippen molar-refractivity contribution in [2.75, 3.05) is 13.2 Å². The first-order valence-corrected chi connectivity index (χ1v) is 7.01. The average molecular weight is 290 g/mol. The zero-order chi connectivity index (χ0) is 15.8. The van der Waals surface area contributed by atoms with Gasteiger partial charge in [0, 0.05) is 19.6 Å². The monoisotopic (exact) mass is 290 g/mol. The van der Waals surface area contributed by atoms with E-state index in [9.17, 15) is 14.7 Å². The third kappa shape index (κ3) is 4.76. The van der Waals surface area contributed by atoms with Crippen LogP contribution in [0.2, 0.25) is 0 Å². The summed E-state index contributed by atoms with van der Waals surface area (Å²) in [5.74, 6) is -1.94. The van der Waals surface area contributed by atoms with Crippen LogP contribution in [0.3, 0.4) is 0 Å². The van der Waals surface area contributed by atoms with E-state index in [4.69, 9.17) is 14.6 Å². The van der Waals surface area contributed by atoms with Gasteiger partial charge in [-0.1, -0.05) is 0 Å². The van der Waals surface area contributed by atoms with Crippen LogP contribution in [0.4, 0.5) is 0 Å². The number of carbonyl (C=O) groups is 2. The van der Waals surface area contributed by atoms with Crippen molar-refractivity contribution in [2.24, 2.45) is 5.41 Å². The highest BCUT2D eigenvalue weighted by Crippen LogP contribution is 2.37. The highest BCUT2D eigenvalue weighted by molar-refractivity contribution is 5.76. The molecule has 0 amide bonds. The lowest BCUT2D eigenvalue weighted by molar-refractivity contribution is -0.177. The second kappa shape index (κ2) is 8.92. The number of rotatable bonds is 11. The van der Waals surface area contributed by atoms with Gasteiger partial charge in [0.05, 0.1) is 12.2 Å². The molecule has 6 nitrogen and oxygen atoms in total. The van der Waals surface area contributed by atoms with Crippen molar-refractivity contribution < 1.29 is 29.3 Å². The lowest BCUT2D eigenvalue weighted by Gasteiger charge is -2.39. The number of hydrogen-bond donors (Lipinski definition) is 2. The van der Waals surface area contributed by atoms with E-state index in [0.717, 1.165) is 0 Å². The Balaban J connectivity index is 5.21. The van der Waals surface area contributed by atoms with E-state index in [-0.39, 0.29) is 19.3 Å². The van der Waals surface area contributed by atoms with E-state index in [2.05, 4.69) is 0 Å². The van der Waals surface area contributed by atoms with E-state index in [1.165, 1.54) is 0 Å². The first kappa shape index (κ1) is 18.9. The molecule has 0 rings (SSSR count). The SMILES string of the molecule is CCOC(C)C(CCCC(=O)O)(C(=O)O)C(C)OCC. The minimum Gasteiger partial charge on any atom is -0.481 e. The molecule has 0 aliphatic carbocycles. The molecule has 0 aromatic heterocycles. The molecule has 118 valence electrons. The molecule has 2 N–H and O–H groups in total. The number of hydrogen-bond acceptors (Lipinski definition) is 4. The number of aliphatic carboxylic acids is 2. The summed E-state index contributed by atoms with van der Waals surface area (Å²) in [4.78, 5) is 22.5. The smallest absolute Gasteiger partial charge is 0.314 e. The molecule has 0 fully saturated rings. The molecule has 0 aromatic carbocycles. The number of ether oxygens (including phenoxy) is 2. The molecule has 0 bridgehead atoms. The zero-order valence-corrected chi connectivity index (χ0v) is 12.7. The van der Waals surface area contributed by atoms with Gasteiger partial charge in [-0.15, -0.1) is 0 Å². The van der Waals surface area contributed by atoms with Crippen LogP contribution >= 0.6 is 0 Å². The van der Waals surface area contributed by atoms with Crippen molar-refractivity contribution >= 4 is 11.9 Å². The normalized spacial score (nSPS) is 17.2. The predicted octanol–water partition coefficient (Wildman–Crippen LogP) is 2.16. The first-order valence-electron chi connectivity index (χ1n) is 7.01. The van der Waals surface area contributed by atoms with Crippen LogP contribution in [-0.4, -0.2) is 47.6 Å². The van der Waals surface area contributed by atoms with Gasteiger partial charge < -0.3 is 19.7 Å². The largest absolute Gasteiger partial charge is 0.481 e. The molecular formula is C14H26O6. The Morgan fingerprint density at radius 2 is 1.50 bits per heavy atom. The molecule has 0 spiro atoms. The van der Waals surface area contributed by atoms with Gasteiger partial charge >= 0.3 is 11.9 Å². The van der Waals surface area contributed by atoms with Crippen LogP contribution in [0.1, 0.15) is 47.0 Å². The molecule has 20 heavy (non-hydrogen) atoms. The van der Waals surface area contributed by atoms with E-state index in [1.807, 2.05) is 0 Å². The summed E-state index contributed by atoms with van der Waals surface area (Å²) in [5.41, 5.74) is -1.23. The van der Waals surface area contributed by atoms with Crippen LogP contribution in [0.15, 0.2) is 0 Å². The maximum absolute atomic E-state index is 11.8. The molecule has 0 heterocycles. The Bertz CT molecular complexity index is 303. The fraction of sp³-hybridized carbons (Fsp3) is 0.857. The standard InChI is InChI=1S/C14H26O6/c1-5-19-10(3)14(13(17)18,11(4)20-6-2)9-7-8-12(15)16/h10-11H,5-9H2,1-4H3,(H,15,16)(H,17,18). The van der Waals surface area contributed by atoms with Gasteiger partial charge in [0.25, 0.3) is 0 Å². The fourth-order valence-electron chi connectivity index (χ4n) is 2.52. The molecule has 0 saturated carbocycles. The van der Waals surface area contributed by atoms with E-state index in [0.29, 0.717) is 13.2 Å². The molecule has 2 atom stereocenters. The highest BCUT2D eigenvalue weighted by atomic mass is 16.5. The summed E-state index contributed by atoms with van der Waals surface area (Å²) < 4.78 is 11.0. The number of carboxylic acids is 2. The summed E-state index contributed by atoms with van der Waals surface area (Å²) >= 11 is 0. The summed E-state index contributed by atoms with van der Waals surface area (Å²) in [6.07, 6.45) is -0.694. The van der Waals surface area contributed by atoms with E-state index >= 15 is 0 Å². The molecule has 0 saturated heterocycles. The van der Waals surface area contributed by atoms with Gasteiger partial charge in [-0.05, 0) is 40.5 Å². The maximum Gasteiger partial charge on any atom is 0.314 e. The average Bonchev–Trinajstić information content (AvgIpc) is 2.34. The summed E-state index contributed by atoms with van der Waals surface area (Å²) in [6, 6.07) is 0. The van der Waals surface area contributed by atoms with Crippen molar-refractivity contribution in [1.82, 2.24) is 0 Å². The van der Waals surface area contributed by atoms with Crippen LogP contribution in [-0.2, 0) is 19.1 Å². The molecule has 0 aliphatic rings. The van der Waals surface area contributed by atoms with Gasteiger partial charge in [0.15, 0.2) is 0 Å².